The van der Waals surface area contributed by atoms with Crippen molar-refractivity contribution in [2.45, 2.75) is 6.92 Å². The van der Waals surface area contributed by atoms with E-state index in [1.807, 2.05) is 18.2 Å². The summed E-state index contributed by atoms with van der Waals surface area (Å²) in [5, 5.41) is 8.89. The average Bonchev–Trinajstić information content (AvgIpc) is 2.89. The zero-order valence-corrected chi connectivity index (χ0v) is 10.6. The molecule has 0 atom stereocenters. The van der Waals surface area contributed by atoms with E-state index in [0.717, 1.165) is 11.1 Å². The molecule has 0 spiro atoms. The highest BCUT2D eigenvalue weighted by Crippen LogP contribution is 2.21. The number of benzene rings is 1. The summed E-state index contributed by atoms with van der Waals surface area (Å²) in [6.45, 7) is 2.90. The van der Waals surface area contributed by atoms with Crippen LogP contribution in [0.2, 0.25) is 0 Å². The van der Waals surface area contributed by atoms with Crippen LogP contribution in [0.25, 0.3) is 5.57 Å². The largest absolute Gasteiger partial charge is 0.465 e. The van der Waals surface area contributed by atoms with Gasteiger partial charge in [0.05, 0.1) is 12.2 Å². The molecule has 1 aliphatic rings. The maximum atomic E-state index is 11.5. The molecule has 1 N–H and O–H groups in total. The standard InChI is InChI=1S/C14H15NO4/c1-2-19-13(16)11-5-3-10(4-6-11)12-7-8-15(9-12)14(17)18/h3-7H,2,8-9H2,1H3,(H,17,18). The molecule has 0 saturated carbocycles. The van der Waals surface area contributed by atoms with Gasteiger partial charge in [0.2, 0.25) is 0 Å². The fraction of sp³-hybridized carbons (Fsp3) is 0.286. The topological polar surface area (TPSA) is 66.8 Å². The molecule has 1 aromatic carbocycles. The molecular weight excluding hydrogens is 246 g/mol. The Balaban J connectivity index is 2.07. The summed E-state index contributed by atoms with van der Waals surface area (Å²) in [7, 11) is 0. The lowest BCUT2D eigenvalue weighted by molar-refractivity contribution is 0.0526. The lowest BCUT2D eigenvalue weighted by atomic mass is 10.0. The lowest BCUT2D eigenvalue weighted by Gasteiger charge is -2.11. The maximum absolute atomic E-state index is 11.5. The summed E-state index contributed by atoms with van der Waals surface area (Å²) in [5.74, 6) is -0.346. The van der Waals surface area contributed by atoms with Crippen LogP contribution in [-0.2, 0) is 4.74 Å². The van der Waals surface area contributed by atoms with Crippen LogP contribution in [0.3, 0.4) is 0 Å². The monoisotopic (exact) mass is 261 g/mol. The van der Waals surface area contributed by atoms with Crippen LogP contribution < -0.4 is 0 Å². The SMILES string of the molecule is CCOC(=O)c1ccc(C2=CCN(C(=O)O)C2)cc1. The van der Waals surface area contributed by atoms with Gasteiger partial charge < -0.3 is 14.7 Å². The number of carbonyl (C=O) groups is 2. The van der Waals surface area contributed by atoms with E-state index in [9.17, 15) is 9.59 Å². The first-order valence-corrected chi connectivity index (χ1v) is 6.06. The molecule has 2 rings (SSSR count). The number of hydrogen-bond acceptors (Lipinski definition) is 3. The van der Waals surface area contributed by atoms with E-state index in [-0.39, 0.29) is 5.97 Å². The van der Waals surface area contributed by atoms with E-state index in [0.29, 0.717) is 25.3 Å². The Labute approximate surface area is 111 Å². The minimum absolute atomic E-state index is 0.346. The number of rotatable bonds is 3. The number of carbonyl (C=O) groups excluding carboxylic acids is 1. The van der Waals surface area contributed by atoms with E-state index in [4.69, 9.17) is 9.84 Å². The van der Waals surface area contributed by atoms with Gasteiger partial charge in [-0.15, -0.1) is 0 Å². The second kappa shape index (κ2) is 5.56. The van der Waals surface area contributed by atoms with Crippen LogP contribution >= 0.6 is 0 Å². The van der Waals surface area contributed by atoms with Crippen molar-refractivity contribution in [2.75, 3.05) is 19.7 Å². The number of esters is 1. The molecule has 100 valence electrons. The first-order valence-electron chi connectivity index (χ1n) is 6.06. The van der Waals surface area contributed by atoms with Crippen LogP contribution in [0.15, 0.2) is 30.3 Å². The molecule has 0 saturated heterocycles. The van der Waals surface area contributed by atoms with Gasteiger partial charge in [0.25, 0.3) is 0 Å². The molecule has 5 nitrogen and oxygen atoms in total. The molecular formula is C14H15NO4. The third-order valence-electron chi connectivity index (χ3n) is 2.96. The number of amides is 1. The third kappa shape index (κ3) is 2.93. The third-order valence-corrected chi connectivity index (χ3v) is 2.96. The lowest BCUT2D eigenvalue weighted by Crippen LogP contribution is -2.26. The first-order chi connectivity index (χ1) is 9.11. The van der Waals surface area contributed by atoms with E-state index in [2.05, 4.69) is 0 Å². The van der Waals surface area contributed by atoms with Gasteiger partial charge in [-0.2, -0.15) is 0 Å². The molecule has 0 radical (unpaired) electrons. The number of nitrogens with zero attached hydrogens (tertiary/aromatic N) is 1. The first kappa shape index (κ1) is 13.1. The van der Waals surface area contributed by atoms with Gasteiger partial charge in [-0.3, -0.25) is 0 Å². The van der Waals surface area contributed by atoms with Crippen molar-refractivity contribution in [3.05, 3.63) is 41.5 Å². The highest BCUT2D eigenvalue weighted by atomic mass is 16.5. The van der Waals surface area contributed by atoms with Gasteiger partial charge >= 0.3 is 12.1 Å². The predicted octanol–water partition coefficient (Wildman–Crippen LogP) is 2.24. The van der Waals surface area contributed by atoms with Crippen molar-refractivity contribution >= 4 is 17.6 Å². The summed E-state index contributed by atoms with van der Waals surface area (Å²) in [5.41, 5.74) is 2.38. The Morgan fingerprint density at radius 3 is 2.53 bits per heavy atom. The summed E-state index contributed by atoms with van der Waals surface area (Å²) >= 11 is 0. The molecule has 0 aliphatic carbocycles. The summed E-state index contributed by atoms with van der Waals surface area (Å²) in [4.78, 5) is 23.6. The maximum Gasteiger partial charge on any atom is 0.407 e. The Bertz CT molecular complexity index is 519. The average molecular weight is 261 g/mol. The molecule has 0 unspecified atom stereocenters. The number of carboxylic acid groups (broad SMARTS) is 1. The summed E-state index contributed by atoms with van der Waals surface area (Å²) < 4.78 is 4.90. The predicted molar refractivity (Wildman–Crippen MR) is 70.0 cm³/mol. The minimum Gasteiger partial charge on any atom is -0.465 e. The Morgan fingerprint density at radius 1 is 1.32 bits per heavy atom. The van der Waals surface area contributed by atoms with Crippen molar-refractivity contribution < 1.29 is 19.4 Å². The van der Waals surface area contributed by atoms with E-state index in [1.54, 1.807) is 19.1 Å². The molecule has 5 heteroatoms. The van der Waals surface area contributed by atoms with Crippen molar-refractivity contribution in [2.24, 2.45) is 0 Å². The van der Waals surface area contributed by atoms with Crippen LogP contribution in [0.1, 0.15) is 22.8 Å². The molecule has 19 heavy (non-hydrogen) atoms. The molecule has 0 bridgehead atoms. The summed E-state index contributed by atoms with van der Waals surface area (Å²) in [6.07, 6.45) is 0.961. The van der Waals surface area contributed by atoms with Gasteiger partial charge in [0.15, 0.2) is 0 Å². The fourth-order valence-corrected chi connectivity index (χ4v) is 1.94. The van der Waals surface area contributed by atoms with Gasteiger partial charge in [-0.1, -0.05) is 18.2 Å². The molecule has 1 aliphatic heterocycles. The zero-order chi connectivity index (χ0) is 13.8. The van der Waals surface area contributed by atoms with E-state index < -0.39 is 6.09 Å². The molecule has 0 fully saturated rings. The summed E-state index contributed by atoms with van der Waals surface area (Å²) in [6, 6.07) is 7.00. The highest BCUT2D eigenvalue weighted by molar-refractivity contribution is 5.90. The second-order valence-corrected chi connectivity index (χ2v) is 4.19. The normalized spacial score (nSPS) is 14.2. The van der Waals surface area contributed by atoms with Crippen molar-refractivity contribution in [1.29, 1.82) is 0 Å². The smallest absolute Gasteiger partial charge is 0.407 e. The van der Waals surface area contributed by atoms with Crippen LogP contribution in [-0.4, -0.2) is 41.8 Å². The molecule has 1 heterocycles. The molecule has 0 aromatic heterocycles. The molecule has 1 aromatic rings. The van der Waals surface area contributed by atoms with Crippen molar-refractivity contribution in [3.63, 3.8) is 0 Å². The Kier molecular flexibility index (Phi) is 3.85. The van der Waals surface area contributed by atoms with E-state index in [1.165, 1.54) is 4.90 Å². The molecule has 1 amide bonds. The van der Waals surface area contributed by atoms with Gasteiger partial charge in [0.1, 0.15) is 0 Å². The van der Waals surface area contributed by atoms with Crippen LogP contribution in [0, 0.1) is 0 Å². The quantitative estimate of drug-likeness (QED) is 0.847. The Morgan fingerprint density at radius 2 is 2.00 bits per heavy atom. The van der Waals surface area contributed by atoms with Gasteiger partial charge in [0, 0.05) is 13.1 Å². The highest BCUT2D eigenvalue weighted by Gasteiger charge is 2.19. The van der Waals surface area contributed by atoms with E-state index >= 15 is 0 Å². The van der Waals surface area contributed by atoms with Crippen LogP contribution in [0.4, 0.5) is 4.79 Å². The second-order valence-electron chi connectivity index (χ2n) is 4.19. The van der Waals surface area contributed by atoms with Gasteiger partial charge in [-0.05, 0) is 30.2 Å². The number of ether oxygens (including phenoxy) is 1. The minimum atomic E-state index is -0.922. The zero-order valence-electron chi connectivity index (χ0n) is 10.6. The Hall–Kier alpha value is -2.30. The van der Waals surface area contributed by atoms with Crippen molar-refractivity contribution in [3.8, 4) is 0 Å². The van der Waals surface area contributed by atoms with Crippen molar-refractivity contribution in [1.82, 2.24) is 4.90 Å². The fourth-order valence-electron chi connectivity index (χ4n) is 1.94. The number of hydrogen-bond donors (Lipinski definition) is 1. The van der Waals surface area contributed by atoms with Gasteiger partial charge in [-0.25, -0.2) is 9.59 Å². The van der Waals surface area contributed by atoms with Crippen LogP contribution in [0.5, 0.6) is 0 Å².